The van der Waals surface area contributed by atoms with E-state index in [2.05, 4.69) is 26.6 Å². The van der Waals surface area contributed by atoms with Crippen LogP contribution in [-0.4, -0.2) is 22.6 Å². The molecule has 0 radical (unpaired) electrons. The summed E-state index contributed by atoms with van der Waals surface area (Å²) in [7, 11) is 0. The number of nitriles is 1. The lowest BCUT2D eigenvalue weighted by molar-refractivity contribution is -0.144. The number of carboxylic acids is 1. The number of carbonyl (C=O) groups excluding carboxylic acids is 1. The van der Waals surface area contributed by atoms with Gasteiger partial charge < -0.3 is 15.7 Å². The predicted molar refractivity (Wildman–Crippen MR) is 79.8 cm³/mol. The number of halogens is 1. The van der Waals surface area contributed by atoms with Crippen molar-refractivity contribution < 1.29 is 14.7 Å². The van der Waals surface area contributed by atoms with Crippen LogP contribution in [-0.2, 0) is 4.79 Å². The first-order valence-electron chi connectivity index (χ1n) is 6.49. The van der Waals surface area contributed by atoms with Gasteiger partial charge in [0.15, 0.2) is 0 Å². The number of benzene rings is 1. The summed E-state index contributed by atoms with van der Waals surface area (Å²) in [6.07, 6.45) is 2.38. The third-order valence-electron chi connectivity index (χ3n) is 3.57. The lowest BCUT2D eigenvalue weighted by atomic mass is 9.98. The highest BCUT2D eigenvalue weighted by Gasteiger charge is 2.42. The van der Waals surface area contributed by atoms with Gasteiger partial charge in [-0.15, -0.1) is 0 Å². The largest absolute Gasteiger partial charge is 0.480 e. The molecule has 2 rings (SSSR count). The zero-order valence-electron chi connectivity index (χ0n) is 11.1. The summed E-state index contributed by atoms with van der Waals surface area (Å²) < 4.78 is 0.725. The van der Waals surface area contributed by atoms with Gasteiger partial charge >= 0.3 is 12.0 Å². The fourth-order valence-corrected chi connectivity index (χ4v) is 2.82. The van der Waals surface area contributed by atoms with Crippen LogP contribution in [0.1, 0.15) is 31.2 Å². The highest BCUT2D eigenvalue weighted by molar-refractivity contribution is 9.10. The van der Waals surface area contributed by atoms with E-state index in [-0.39, 0.29) is 0 Å². The van der Waals surface area contributed by atoms with E-state index < -0.39 is 17.5 Å². The van der Waals surface area contributed by atoms with Crippen molar-refractivity contribution in [1.82, 2.24) is 5.32 Å². The molecule has 2 amide bonds. The molecule has 1 aromatic carbocycles. The zero-order chi connectivity index (χ0) is 15.5. The average molecular weight is 352 g/mol. The van der Waals surface area contributed by atoms with Crippen molar-refractivity contribution in [2.75, 3.05) is 5.32 Å². The minimum Gasteiger partial charge on any atom is -0.480 e. The van der Waals surface area contributed by atoms with Crippen LogP contribution in [0.15, 0.2) is 22.7 Å². The zero-order valence-corrected chi connectivity index (χ0v) is 12.7. The number of rotatable bonds is 3. The van der Waals surface area contributed by atoms with E-state index in [9.17, 15) is 14.7 Å². The number of hydrogen-bond acceptors (Lipinski definition) is 3. The van der Waals surface area contributed by atoms with Gasteiger partial charge in [-0.2, -0.15) is 5.26 Å². The lowest BCUT2D eigenvalue weighted by Crippen LogP contribution is -2.53. The SMILES string of the molecule is N#Cc1cc(Br)ccc1NC(=O)NC1(C(=O)O)CCCC1. The van der Waals surface area contributed by atoms with Crippen molar-refractivity contribution in [1.29, 1.82) is 5.26 Å². The number of carbonyl (C=O) groups is 2. The second kappa shape index (κ2) is 6.14. The Hall–Kier alpha value is -2.07. The summed E-state index contributed by atoms with van der Waals surface area (Å²) in [5.74, 6) is -1.02. The summed E-state index contributed by atoms with van der Waals surface area (Å²) in [6, 6.07) is 6.23. The van der Waals surface area contributed by atoms with Crippen molar-refractivity contribution in [3.63, 3.8) is 0 Å². The smallest absolute Gasteiger partial charge is 0.329 e. The molecular weight excluding hydrogens is 338 g/mol. The van der Waals surface area contributed by atoms with Crippen molar-refractivity contribution in [2.24, 2.45) is 0 Å². The standard InChI is InChI=1S/C14H14BrN3O3/c15-10-3-4-11(9(7-10)8-16)17-13(21)18-14(12(19)20)5-1-2-6-14/h3-4,7H,1-2,5-6H2,(H,19,20)(H2,17,18,21). The highest BCUT2D eigenvalue weighted by atomic mass is 79.9. The van der Waals surface area contributed by atoms with Gasteiger partial charge in [0.2, 0.25) is 0 Å². The number of anilines is 1. The molecule has 0 unspecified atom stereocenters. The first-order valence-corrected chi connectivity index (χ1v) is 7.28. The average Bonchev–Trinajstić information content (AvgIpc) is 2.90. The van der Waals surface area contributed by atoms with Crippen LogP contribution in [0, 0.1) is 11.3 Å². The third kappa shape index (κ3) is 3.34. The molecule has 1 aromatic rings. The molecule has 6 nitrogen and oxygen atoms in total. The first kappa shape index (κ1) is 15.3. The van der Waals surface area contributed by atoms with Gasteiger partial charge in [-0.05, 0) is 31.0 Å². The molecular formula is C14H14BrN3O3. The molecule has 0 aromatic heterocycles. The molecule has 0 aliphatic heterocycles. The van der Waals surface area contributed by atoms with E-state index in [0.29, 0.717) is 24.1 Å². The molecule has 1 aliphatic carbocycles. The molecule has 7 heteroatoms. The van der Waals surface area contributed by atoms with Crippen LogP contribution in [0.25, 0.3) is 0 Å². The Balaban J connectivity index is 2.12. The Morgan fingerprint density at radius 3 is 2.57 bits per heavy atom. The highest BCUT2D eigenvalue weighted by Crippen LogP contribution is 2.30. The Morgan fingerprint density at radius 2 is 2.00 bits per heavy atom. The van der Waals surface area contributed by atoms with Gasteiger partial charge in [0.25, 0.3) is 0 Å². The van der Waals surface area contributed by atoms with Gasteiger partial charge in [-0.25, -0.2) is 9.59 Å². The van der Waals surface area contributed by atoms with Gasteiger partial charge in [0.05, 0.1) is 11.3 Å². The number of carboxylic acid groups (broad SMARTS) is 1. The second-order valence-corrected chi connectivity index (χ2v) is 5.89. The number of urea groups is 1. The molecule has 3 N–H and O–H groups in total. The van der Waals surface area contributed by atoms with Crippen LogP contribution in [0.5, 0.6) is 0 Å². The van der Waals surface area contributed by atoms with Gasteiger partial charge in [-0.3, -0.25) is 0 Å². The van der Waals surface area contributed by atoms with E-state index in [1.807, 2.05) is 6.07 Å². The van der Waals surface area contributed by atoms with E-state index in [1.165, 1.54) is 0 Å². The molecule has 1 fully saturated rings. The van der Waals surface area contributed by atoms with E-state index in [1.54, 1.807) is 18.2 Å². The number of aliphatic carboxylic acids is 1. The van der Waals surface area contributed by atoms with Gasteiger partial charge in [0, 0.05) is 4.47 Å². The van der Waals surface area contributed by atoms with Gasteiger partial charge in [-0.1, -0.05) is 28.8 Å². The lowest BCUT2D eigenvalue weighted by Gasteiger charge is -2.25. The van der Waals surface area contributed by atoms with Crippen molar-refractivity contribution >= 4 is 33.6 Å². The monoisotopic (exact) mass is 351 g/mol. The number of nitrogens with zero attached hydrogens (tertiary/aromatic N) is 1. The Labute approximate surface area is 130 Å². The summed E-state index contributed by atoms with van der Waals surface area (Å²) >= 11 is 3.24. The fraction of sp³-hybridized carbons (Fsp3) is 0.357. The first-order chi connectivity index (χ1) is 9.97. The molecule has 0 atom stereocenters. The predicted octanol–water partition coefficient (Wildman–Crippen LogP) is 2.84. The maximum Gasteiger partial charge on any atom is 0.329 e. The molecule has 1 aliphatic rings. The van der Waals surface area contributed by atoms with Crippen LogP contribution >= 0.6 is 15.9 Å². The van der Waals surface area contributed by atoms with Crippen LogP contribution < -0.4 is 10.6 Å². The van der Waals surface area contributed by atoms with Crippen LogP contribution in [0.2, 0.25) is 0 Å². The van der Waals surface area contributed by atoms with Crippen molar-refractivity contribution in [3.05, 3.63) is 28.2 Å². The fourth-order valence-electron chi connectivity index (χ4n) is 2.46. The summed E-state index contributed by atoms with van der Waals surface area (Å²) in [6.45, 7) is 0. The minimum absolute atomic E-state index is 0.301. The Kier molecular flexibility index (Phi) is 4.48. The summed E-state index contributed by atoms with van der Waals surface area (Å²) in [5, 5.41) is 23.4. The number of amides is 2. The van der Waals surface area contributed by atoms with E-state index >= 15 is 0 Å². The van der Waals surface area contributed by atoms with Crippen molar-refractivity contribution in [2.45, 2.75) is 31.2 Å². The topological polar surface area (TPSA) is 102 Å². The molecule has 21 heavy (non-hydrogen) atoms. The maximum absolute atomic E-state index is 12.0. The summed E-state index contributed by atoms with van der Waals surface area (Å²) in [4.78, 5) is 23.4. The second-order valence-electron chi connectivity index (χ2n) is 4.98. The molecule has 0 saturated heterocycles. The molecule has 110 valence electrons. The maximum atomic E-state index is 12.0. The molecule has 0 spiro atoms. The van der Waals surface area contributed by atoms with Crippen LogP contribution in [0.3, 0.4) is 0 Å². The van der Waals surface area contributed by atoms with Gasteiger partial charge in [0.1, 0.15) is 11.6 Å². The minimum atomic E-state index is -1.20. The Bertz CT molecular complexity index is 618. The molecule has 0 bridgehead atoms. The Morgan fingerprint density at radius 1 is 1.33 bits per heavy atom. The van der Waals surface area contributed by atoms with E-state index in [0.717, 1.165) is 17.3 Å². The quantitative estimate of drug-likeness (QED) is 0.778. The molecule has 0 heterocycles. The van der Waals surface area contributed by atoms with Crippen molar-refractivity contribution in [3.8, 4) is 6.07 Å². The molecule has 1 saturated carbocycles. The number of hydrogen-bond donors (Lipinski definition) is 3. The van der Waals surface area contributed by atoms with E-state index in [4.69, 9.17) is 5.26 Å². The van der Waals surface area contributed by atoms with Crippen LogP contribution in [0.4, 0.5) is 10.5 Å². The number of nitrogens with one attached hydrogen (secondary N) is 2. The third-order valence-corrected chi connectivity index (χ3v) is 4.06. The summed E-state index contributed by atoms with van der Waals surface area (Å²) in [5.41, 5.74) is -0.557. The normalized spacial score (nSPS) is 16.0.